The number of Topliss-reactive ketones (excluding diaryl/α,β-unsaturated/α-hetero) is 1. The molecule has 0 atom stereocenters. The minimum Gasteiger partial charge on any atom is -0.495 e. The zero-order valence-electron chi connectivity index (χ0n) is 11.0. The van der Waals surface area contributed by atoms with Crippen LogP contribution in [-0.2, 0) is 0 Å². The number of hydrogen-bond donors (Lipinski definition) is 0. The van der Waals surface area contributed by atoms with Crippen LogP contribution in [0.1, 0.15) is 10.4 Å². The van der Waals surface area contributed by atoms with E-state index in [1.165, 1.54) is 19.2 Å². The van der Waals surface area contributed by atoms with Gasteiger partial charge in [0.2, 0.25) is 0 Å². The lowest BCUT2D eigenvalue weighted by Gasteiger charge is -2.08. The van der Waals surface area contributed by atoms with Crippen molar-refractivity contribution in [3.63, 3.8) is 0 Å². The van der Waals surface area contributed by atoms with Gasteiger partial charge in [-0.1, -0.05) is 11.6 Å². The number of carbonyl (C=O) groups excluding carboxylic acids is 1. The summed E-state index contributed by atoms with van der Waals surface area (Å²) >= 11 is 5.91. The van der Waals surface area contributed by atoms with Gasteiger partial charge in [-0.25, -0.2) is 8.78 Å². The van der Waals surface area contributed by atoms with Crippen LogP contribution in [0.3, 0.4) is 0 Å². The monoisotopic (exact) mass is 312 g/mol. The van der Waals surface area contributed by atoms with Gasteiger partial charge in [0.05, 0.1) is 12.1 Å². The highest BCUT2D eigenvalue weighted by molar-refractivity contribution is 6.32. The van der Waals surface area contributed by atoms with Crippen LogP contribution in [0.4, 0.5) is 8.78 Å². The normalized spacial score (nSPS) is 10.3. The van der Waals surface area contributed by atoms with Gasteiger partial charge in [-0.05, 0) is 30.3 Å². The van der Waals surface area contributed by atoms with Crippen molar-refractivity contribution in [3.8, 4) is 11.5 Å². The number of halogens is 3. The van der Waals surface area contributed by atoms with Crippen molar-refractivity contribution < 1.29 is 23.0 Å². The third kappa shape index (κ3) is 3.70. The van der Waals surface area contributed by atoms with Gasteiger partial charge in [0.1, 0.15) is 11.6 Å². The van der Waals surface area contributed by atoms with Crippen molar-refractivity contribution in [3.05, 3.63) is 58.6 Å². The van der Waals surface area contributed by atoms with E-state index in [0.29, 0.717) is 17.4 Å². The summed E-state index contributed by atoms with van der Waals surface area (Å²) in [5, 5.41) is 0.288. The van der Waals surface area contributed by atoms with Crippen LogP contribution in [0.25, 0.3) is 0 Å². The quantitative estimate of drug-likeness (QED) is 0.786. The van der Waals surface area contributed by atoms with Crippen LogP contribution in [-0.4, -0.2) is 19.5 Å². The Labute approximate surface area is 125 Å². The Morgan fingerprint density at radius 3 is 2.48 bits per heavy atom. The van der Waals surface area contributed by atoms with Crippen LogP contribution in [0.15, 0.2) is 36.4 Å². The predicted molar refractivity (Wildman–Crippen MR) is 74.2 cm³/mol. The molecule has 0 aromatic heterocycles. The first-order valence-corrected chi connectivity index (χ1v) is 6.33. The molecule has 0 saturated heterocycles. The maximum atomic E-state index is 13.4. The number of ketones is 1. The molecular weight excluding hydrogens is 302 g/mol. The van der Waals surface area contributed by atoms with Crippen molar-refractivity contribution in [1.29, 1.82) is 0 Å². The van der Waals surface area contributed by atoms with Crippen molar-refractivity contribution in [2.75, 3.05) is 13.7 Å². The summed E-state index contributed by atoms with van der Waals surface area (Å²) in [7, 11) is 1.46. The molecule has 0 bridgehead atoms. The summed E-state index contributed by atoms with van der Waals surface area (Å²) in [6.45, 7) is -0.384. The van der Waals surface area contributed by atoms with Gasteiger partial charge in [0.15, 0.2) is 24.0 Å². The van der Waals surface area contributed by atoms with E-state index < -0.39 is 11.6 Å². The summed E-state index contributed by atoms with van der Waals surface area (Å²) in [5.41, 5.74) is 0.309. The second-order valence-corrected chi connectivity index (χ2v) is 4.54. The number of methoxy groups -OCH3 is 1. The van der Waals surface area contributed by atoms with E-state index in [9.17, 15) is 13.6 Å². The highest BCUT2D eigenvalue weighted by Gasteiger charge is 2.12. The summed E-state index contributed by atoms with van der Waals surface area (Å²) in [6, 6.07) is 7.37. The number of rotatable bonds is 5. The molecule has 0 radical (unpaired) electrons. The molecule has 3 nitrogen and oxygen atoms in total. The van der Waals surface area contributed by atoms with Gasteiger partial charge in [-0.15, -0.1) is 0 Å². The number of benzene rings is 2. The average Bonchev–Trinajstić information content (AvgIpc) is 2.46. The van der Waals surface area contributed by atoms with E-state index in [1.54, 1.807) is 6.07 Å². The van der Waals surface area contributed by atoms with Gasteiger partial charge in [0.25, 0.3) is 0 Å². The second-order valence-electron chi connectivity index (χ2n) is 4.14. The topological polar surface area (TPSA) is 35.5 Å². The van der Waals surface area contributed by atoms with E-state index in [1.807, 2.05) is 0 Å². The van der Waals surface area contributed by atoms with E-state index in [2.05, 4.69) is 0 Å². The summed E-state index contributed by atoms with van der Waals surface area (Å²) in [5.74, 6) is -1.71. The Balaban J connectivity index is 2.06. The van der Waals surface area contributed by atoms with Crippen LogP contribution >= 0.6 is 11.6 Å². The molecule has 0 saturated carbocycles. The fourth-order valence-corrected chi connectivity index (χ4v) is 1.92. The molecule has 0 N–H and O–H groups in total. The largest absolute Gasteiger partial charge is 0.495 e. The Hall–Kier alpha value is -2.14. The van der Waals surface area contributed by atoms with E-state index in [-0.39, 0.29) is 23.2 Å². The lowest BCUT2D eigenvalue weighted by molar-refractivity contribution is 0.0918. The first kappa shape index (κ1) is 15.3. The summed E-state index contributed by atoms with van der Waals surface area (Å²) < 4.78 is 36.1. The highest BCUT2D eigenvalue weighted by Crippen LogP contribution is 2.25. The maximum absolute atomic E-state index is 13.4. The van der Waals surface area contributed by atoms with Gasteiger partial charge in [0, 0.05) is 11.6 Å². The molecule has 21 heavy (non-hydrogen) atoms. The fraction of sp³-hybridized carbons (Fsp3) is 0.133. The Morgan fingerprint density at radius 2 is 1.86 bits per heavy atom. The summed E-state index contributed by atoms with van der Waals surface area (Å²) in [4.78, 5) is 11.9. The molecule has 0 amide bonds. The highest BCUT2D eigenvalue weighted by atomic mass is 35.5. The van der Waals surface area contributed by atoms with Crippen molar-refractivity contribution >= 4 is 17.4 Å². The minimum atomic E-state index is -0.865. The SMILES string of the molecule is COc1ccc(C(=O)COc2ccc(F)cc2F)cc1Cl. The van der Waals surface area contributed by atoms with Gasteiger partial charge < -0.3 is 9.47 Å². The predicted octanol–water partition coefficient (Wildman–Crippen LogP) is 3.89. The zero-order chi connectivity index (χ0) is 15.4. The number of ether oxygens (including phenoxy) is 2. The van der Waals surface area contributed by atoms with Crippen molar-refractivity contribution in [2.24, 2.45) is 0 Å². The smallest absolute Gasteiger partial charge is 0.200 e. The molecule has 2 aromatic rings. The minimum absolute atomic E-state index is 0.190. The molecule has 110 valence electrons. The van der Waals surface area contributed by atoms with Gasteiger partial charge >= 0.3 is 0 Å². The molecule has 0 heterocycles. The van der Waals surface area contributed by atoms with Gasteiger partial charge in [-0.3, -0.25) is 4.79 Å². The number of hydrogen-bond acceptors (Lipinski definition) is 3. The molecule has 0 fully saturated rings. The summed E-state index contributed by atoms with van der Waals surface area (Å²) in [6.07, 6.45) is 0. The molecule has 0 aliphatic carbocycles. The first-order chi connectivity index (χ1) is 10.0. The molecule has 0 spiro atoms. The van der Waals surface area contributed by atoms with Crippen LogP contribution < -0.4 is 9.47 Å². The molecule has 0 aliphatic rings. The molecule has 2 aromatic carbocycles. The average molecular weight is 313 g/mol. The molecule has 2 rings (SSSR count). The lowest BCUT2D eigenvalue weighted by atomic mass is 10.1. The zero-order valence-corrected chi connectivity index (χ0v) is 11.8. The van der Waals surface area contributed by atoms with Crippen molar-refractivity contribution in [2.45, 2.75) is 0 Å². The van der Waals surface area contributed by atoms with Gasteiger partial charge in [-0.2, -0.15) is 0 Å². The Morgan fingerprint density at radius 1 is 1.14 bits per heavy atom. The Kier molecular flexibility index (Phi) is 4.75. The second kappa shape index (κ2) is 6.54. The molecule has 0 unspecified atom stereocenters. The van der Waals surface area contributed by atoms with E-state index in [4.69, 9.17) is 21.1 Å². The fourth-order valence-electron chi connectivity index (χ4n) is 1.66. The number of carbonyl (C=O) groups is 1. The maximum Gasteiger partial charge on any atom is 0.200 e. The van der Waals surface area contributed by atoms with Crippen LogP contribution in [0.5, 0.6) is 11.5 Å². The van der Waals surface area contributed by atoms with Crippen LogP contribution in [0.2, 0.25) is 5.02 Å². The van der Waals surface area contributed by atoms with Crippen molar-refractivity contribution in [1.82, 2.24) is 0 Å². The van der Waals surface area contributed by atoms with E-state index >= 15 is 0 Å². The Bertz CT molecular complexity index is 674. The van der Waals surface area contributed by atoms with E-state index in [0.717, 1.165) is 12.1 Å². The third-order valence-electron chi connectivity index (χ3n) is 2.73. The molecule has 0 aliphatic heterocycles. The molecule has 6 heteroatoms. The molecular formula is C15H11ClF2O3. The van der Waals surface area contributed by atoms with Crippen LogP contribution in [0, 0.1) is 11.6 Å². The standard InChI is InChI=1S/C15H11ClF2O3/c1-20-14-4-2-9(6-11(14)16)13(19)8-21-15-5-3-10(17)7-12(15)18/h2-7H,8H2,1H3. The lowest BCUT2D eigenvalue weighted by Crippen LogP contribution is -2.12. The first-order valence-electron chi connectivity index (χ1n) is 5.96. The third-order valence-corrected chi connectivity index (χ3v) is 3.02.